The molecule has 0 aliphatic heterocycles. The molecule has 0 radical (unpaired) electrons. The molecule has 0 heterocycles. The molecular formula is C63H122NO8P. The van der Waals surface area contributed by atoms with Crippen LogP contribution in [-0.2, 0) is 32.7 Å². The van der Waals surface area contributed by atoms with E-state index in [1.54, 1.807) is 0 Å². The number of carbonyl (C=O) groups is 2. The summed E-state index contributed by atoms with van der Waals surface area (Å²) in [7, 11) is -4.38. The van der Waals surface area contributed by atoms with E-state index in [2.05, 4.69) is 38.2 Å². The summed E-state index contributed by atoms with van der Waals surface area (Å²) < 4.78 is 33.1. The summed E-state index contributed by atoms with van der Waals surface area (Å²) in [6, 6.07) is 0. The Bertz CT molecular complexity index is 1250. The maximum Gasteiger partial charge on any atom is 0.472 e. The van der Waals surface area contributed by atoms with Crippen LogP contribution in [0.4, 0.5) is 0 Å². The smallest absolute Gasteiger partial charge is 0.462 e. The normalized spacial score (nSPS) is 13.1. The quantitative estimate of drug-likeness (QED) is 0.0264. The number of unbranched alkanes of at least 4 members (excludes halogenated alkanes) is 44. The third kappa shape index (κ3) is 59.6. The Morgan fingerprint density at radius 2 is 0.712 bits per heavy atom. The first kappa shape index (κ1) is 71.5. The second-order valence-corrected chi connectivity index (χ2v) is 23.1. The zero-order valence-corrected chi connectivity index (χ0v) is 49.3. The predicted octanol–water partition coefficient (Wildman–Crippen LogP) is 20.2. The number of carbonyl (C=O) groups excluding carboxylic acids is 2. The maximum atomic E-state index is 12.7. The van der Waals surface area contributed by atoms with E-state index >= 15 is 0 Å². The van der Waals surface area contributed by atoms with Crippen molar-refractivity contribution in [2.24, 2.45) is 5.73 Å². The molecule has 3 N–H and O–H groups in total. The summed E-state index contributed by atoms with van der Waals surface area (Å²) in [6.45, 7) is 3.80. The molecule has 9 nitrogen and oxygen atoms in total. The van der Waals surface area contributed by atoms with Crippen molar-refractivity contribution in [3.8, 4) is 0 Å². The number of ether oxygens (including phenoxy) is 2. The maximum absolute atomic E-state index is 12.7. The molecule has 0 amide bonds. The summed E-state index contributed by atoms with van der Waals surface area (Å²) in [5, 5.41) is 0. The van der Waals surface area contributed by atoms with E-state index in [0.717, 1.165) is 38.5 Å². The summed E-state index contributed by atoms with van der Waals surface area (Å²) >= 11 is 0. The molecule has 0 aliphatic rings. The van der Waals surface area contributed by atoms with Crippen LogP contribution in [0.3, 0.4) is 0 Å². The summed E-state index contributed by atoms with van der Waals surface area (Å²) in [5.74, 6) is -0.805. The zero-order valence-electron chi connectivity index (χ0n) is 48.4. The van der Waals surface area contributed by atoms with Gasteiger partial charge in [-0.3, -0.25) is 18.6 Å². The minimum Gasteiger partial charge on any atom is -0.462 e. The van der Waals surface area contributed by atoms with Crippen LogP contribution >= 0.6 is 7.82 Å². The Balaban J connectivity index is 3.80. The Labute approximate surface area is 452 Å². The van der Waals surface area contributed by atoms with Gasteiger partial charge in [-0.05, 0) is 44.9 Å². The summed E-state index contributed by atoms with van der Waals surface area (Å²) in [5.41, 5.74) is 5.39. The van der Waals surface area contributed by atoms with Crippen LogP contribution in [0.2, 0.25) is 0 Å². The van der Waals surface area contributed by atoms with Gasteiger partial charge >= 0.3 is 19.8 Å². The average Bonchev–Trinajstić information content (AvgIpc) is 3.38. The van der Waals surface area contributed by atoms with Gasteiger partial charge in [-0.2, -0.15) is 0 Å². The molecular weight excluding hydrogens is 930 g/mol. The molecule has 0 saturated heterocycles. The Morgan fingerprint density at radius 3 is 1.04 bits per heavy atom. The van der Waals surface area contributed by atoms with Gasteiger partial charge in [0.2, 0.25) is 0 Å². The van der Waals surface area contributed by atoms with Crippen molar-refractivity contribution >= 4 is 19.8 Å². The van der Waals surface area contributed by atoms with E-state index in [0.29, 0.717) is 6.42 Å². The predicted molar refractivity (Wildman–Crippen MR) is 312 cm³/mol. The number of nitrogens with two attached hydrogens (primary N) is 1. The Morgan fingerprint density at radius 1 is 0.411 bits per heavy atom. The largest absolute Gasteiger partial charge is 0.472 e. The van der Waals surface area contributed by atoms with Gasteiger partial charge in [-0.15, -0.1) is 0 Å². The number of phosphoric acid groups is 1. The van der Waals surface area contributed by atoms with Crippen LogP contribution in [0.5, 0.6) is 0 Å². The lowest BCUT2D eigenvalue weighted by atomic mass is 10.0. The van der Waals surface area contributed by atoms with Gasteiger partial charge in [-0.1, -0.05) is 301 Å². The molecule has 0 aromatic rings. The fraction of sp³-hybridized carbons (Fsp3) is 0.905. The highest BCUT2D eigenvalue weighted by Crippen LogP contribution is 2.43. The fourth-order valence-electron chi connectivity index (χ4n) is 9.61. The number of hydrogen-bond donors (Lipinski definition) is 2. The minimum atomic E-state index is -4.38. The first-order valence-corrected chi connectivity index (χ1v) is 33.3. The van der Waals surface area contributed by atoms with Gasteiger partial charge < -0.3 is 20.1 Å². The molecule has 0 spiro atoms. The topological polar surface area (TPSA) is 134 Å². The highest BCUT2D eigenvalue weighted by atomic mass is 31.2. The molecule has 0 aromatic heterocycles. The molecule has 0 aromatic carbocycles. The van der Waals surface area contributed by atoms with Crippen molar-refractivity contribution in [3.05, 3.63) is 24.3 Å². The molecule has 2 unspecified atom stereocenters. The van der Waals surface area contributed by atoms with Crippen molar-refractivity contribution < 1.29 is 37.6 Å². The molecule has 2 atom stereocenters. The molecule has 73 heavy (non-hydrogen) atoms. The lowest BCUT2D eigenvalue weighted by Gasteiger charge is -2.19. The van der Waals surface area contributed by atoms with E-state index < -0.39 is 26.5 Å². The van der Waals surface area contributed by atoms with Gasteiger partial charge in [0, 0.05) is 19.4 Å². The van der Waals surface area contributed by atoms with Crippen LogP contribution in [0.1, 0.15) is 335 Å². The van der Waals surface area contributed by atoms with Gasteiger partial charge in [-0.25, -0.2) is 4.57 Å². The molecule has 0 aliphatic carbocycles. The van der Waals surface area contributed by atoms with Crippen LogP contribution < -0.4 is 5.73 Å². The van der Waals surface area contributed by atoms with Crippen LogP contribution in [0.15, 0.2) is 24.3 Å². The van der Waals surface area contributed by atoms with Crippen LogP contribution in [-0.4, -0.2) is 49.3 Å². The Hall–Kier alpha value is -1.51. The number of hydrogen-bond acceptors (Lipinski definition) is 8. The van der Waals surface area contributed by atoms with E-state index in [9.17, 15) is 19.0 Å². The van der Waals surface area contributed by atoms with Crippen LogP contribution in [0.25, 0.3) is 0 Å². The van der Waals surface area contributed by atoms with E-state index in [4.69, 9.17) is 24.3 Å². The molecule has 0 saturated carbocycles. The van der Waals surface area contributed by atoms with Crippen molar-refractivity contribution in [1.82, 2.24) is 0 Å². The fourth-order valence-corrected chi connectivity index (χ4v) is 10.4. The molecule has 0 bridgehead atoms. The molecule has 432 valence electrons. The summed E-state index contributed by atoms with van der Waals surface area (Å²) in [6.07, 6.45) is 71.2. The van der Waals surface area contributed by atoms with Crippen molar-refractivity contribution in [3.63, 3.8) is 0 Å². The van der Waals surface area contributed by atoms with E-state index in [1.165, 1.54) is 263 Å². The number of allylic oxidation sites excluding steroid dienone is 4. The number of phosphoric ester groups is 1. The van der Waals surface area contributed by atoms with E-state index in [-0.39, 0.29) is 38.6 Å². The number of rotatable bonds is 61. The highest BCUT2D eigenvalue weighted by Gasteiger charge is 2.26. The second kappa shape index (κ2) is 59.7. The first-order chi connectivity index (χ1) is 35.8. The lowest BCUT2D eigenvalue weighted by molar-refractivity contribution is -0.161. The standard InChI is InChI=1S/C63H122NO8P/c1-3-5-7-9-11-13-15-17-19-21-22-23-24-25-26-27-28-29-30-31-32-33-34-35-36-37-38-40-42-44-46-48-50-52-54-56-63(66)72-61(60-71-73(67,68)70-58-57-64)59-69-62(65)55-53-51-49-47-45-43-41-39-20-18-16-14-12-10-8-6-4-2/h15,17,21-22,61H,3-14,16,18-20,23-60,64H2,1-2H3,(H,67,68)/b17-15-,22-21-. The van der Waals surface area contributed by atoms with Gasteiger partial charge in [0.25, 0.3) is 0 Å². The first-order valence-electron chi connectivity index (χ1n) is 31.8. The zero-order chi connectivity index (χ0) is 53.1. The van der Waals surface area contributed by atoms with Gasteiger partial charge in [0.15, 0.2) is 6.10 Å². The summed E-state index contributed by atoms with van der Waals surface area (Å²) in [4.78, 5) is 35.2. The molecule has 10 heteroatoms. The van der Waals surface area contributed by atoms with Crippen molar-refractivity contribution in [1.29, 1.82) is 0 Å². The second-order valence-electron chi connectivity index (χ2n) is 21.6. The lowest BCUT2D eigenvalue weighted by Crippen LogP contribution is -2.29. The number of esters is 2. The minimum absolute atomic E-state index is 0.0572. The Kier molecular flexibility index (Phi) is 58.5. The molecule has 0 rings (SSSR count). The molecule has 0 fully saturated rings. The third-order valence-corrected chi connectivity index (χ3v) is 15.3. The SMILES string of the molecule is CCCCCCC/C=C\C/C=C\CCCCCCCCCCCCCCCCCCCCCCCCCC(=O)OC(COC(=O)CCCCCCCCCCCCCCCCCCC)COP(=O)(O)OCCN. The van der Waals surface area contributed by atoms with Crippen molar-refractivity contribution in [2.75, 3.05) is 26.4 Å². The van der Waals surface area contributed by atoms with Gasteiger partial charge in [0.1, 0.15) is 6.61 Å². The van der Waals surface area contributed by atoms with Crippen molar-refractivity contribution in [2.45, 2.75) is 341 Å². The van der Waals surface area contributed by atoms with E-state index in [1.807, 2.05) is 0 Å². The highest BCUT2D eigenvalue weighted by molar-refractivity contribution is 7.47. The monoisotopic (exact) mass is 1050 g/mol. The third-order valence-electron chi connectivity index (χ3n) is 14.3. The van der Waals surface area contributed by atoms with Gasteiger partial charge in [0.05, 0.1) is 13.2 Å². The van der Waals surface area contributed by atoms with Crippen LogP contribution in [0, 0.1) is 0 Å². The average molecular weight is 1050 g/mol.